The first-order valence-electron chi connectivity index (χ1n) is 8.98. The van der Waals surface area contributed by atoms with Gasteiger partial charge in [-0.2, -0.15) is 0 Å². The number of hydrogen-bond donors (Lipinski definition) is 0. The monoisotopic (exact) mass is 408 g/mol. The second kappa shape index (κ2) is 7.04. The summed E-state index contributed by atoms with van der Waals surface area (Å²) in [6.45, 7) is 0. The van der Waals surface area contributed by atoms with E-state index < -0.39 is 11.8 Å². The first-order valence-corrected chi connectivity index (χ1v) is 10.7. The van der Waals surface area contributed by atoms with Gasteiger partial charge in [-0.25, -0.2) is 0 Å². The largest absolute Gasteiger partial charge is 0.461 e. The lowest BCUT2D eigenvalue weighted by Crippen LogP contribution is -2.50. The average molecular weight is 409 g/mol. The highest BCUT2D eigenvalue weighted by atomic mass is 32.1. The Bertz CT molecular complexity index is 972. The number of rotatable bonds is 6. The Morgan fingerprint density at radius 1 is 0.679 bits per heavy atom. The van der Waals surface area contributed by atoms with Gasteiger partial charge in [-0.1, -0.05) is 12.1 Å². The lowest BCUT2D eigenvalue weighted by Gasteiger charge is -2.49. The van der Waals surface area contributed by atoms with Crippen LogP contribution in [-0.2, 0) is 0 Å². The van der Waals surface area contributed by atoms with Crippen LogP contribution < -0.4 is 0 Å². The number of carbonyl (C=O) groups is 2. The van der Waals surface area contributed by atoms with Gasteiger partial charge in [0.05, 0.1) is 12.5 Å². The molecule has 0 radical (unpaired) electrons. The number of Topliss-reactive ketones (excluding diaryl/α,β-unsaturated/α-hetero) is 2. The maximum atomic E-state index is 13.3. The van der Waals surface area contributed by atoms with Crippen molar-refractivity contribution in [1.29, 1.82) is 0 Å². The van der Waals surface area contributed by atoms with E-state index in [4.69, 9.17) is 8.83 Å². The first-order chi connectivity index (χ1) is 13.8. The number of hydrogen-bond acceptors (Lipinski definition) is 6. The molecule has 0 amide bonds. The van der Waals surface area contributed by atoms with Crippen LogP contribution >= 0.6 is 22.7 Å². The van der Waals surface area contributed by atoms with E-state index in [1.165, 1.54) is 12.5 Å². The topological polar surface area (TPSA) is 60.4 Å². The minimum absolute atomic E-state index is 0.0554. The molecule has 0 bridgehead atoms. The lowest BCUT2D eigenvalue weighted by atomic mass is 9.52. The fraction of sp³-hybridized carbons (Fsp3) is 0.182. The molecule has 0 spiro atoms. The van der Waals surface area contributed by atoms with E-state index in [1.54, 1.807) is 46.9 Å². The Labute approximate surface area is 169 Å². The van der Waals surface area contributed by atoms with Crippen LogP contribution in [-0.4, -0.2) is 11.6 Å². The zero-order chi connectivity index (χ0) is 19.1. The van der Waals surface area contributed by atoms with Gasteiger partial charge in [0.1, 0.15) is 0 Å². The standard InChI is InChI=1S/C22H16O4S2/c23-21(13-5-1-9-25-13)19-17(15-7-3-11-27-15)18(16-8-4-12-28-16)20(19)22(24)14-6-2-10-26-14/h1-12,17-20H/t17-,18-,19+,20+/m1/s1. The Morgan fingerprint density at radius 2 is 1.14 bits per heavy atom. The summed E-state index contributed by atoms with van der Waals surface area (Å²) in [5, 5.41) is 4.02. The van der Waals surface area contributed by atoms with Crippen LogP contribution in [0.3, 0.4) is 0 Å². The van der Waals surface area contributed by atoms with Gasteiger partial charge in [0.15, 0.2) is 11.5 Å². The minimum atomic E-state index is -0.477. The van der Waals surface area contributed by atoms with Gasteiger partial charge in [0.25, 0.3) is 0 Å². The van der Waals surface area contributed by atoms with Gasteiger partial charge in [0, 0.05) is 33.4 Å². The molecule has 4 heterocycles. The highest BCUT2D eigenvalue weighted by molar-refractivity contribution is 7.10. The van der Waals surface area contributed by atoms with Crippen molar-refractivity contribution in [2.45, 2.75) is 11.8 Å². The summed E-state index contributed by atoms with van der Waals surface area (Å²) in [5.41, 5.74) is 0. The second-order valence-corrected chi connectivity index (χ2v) is 8.78. The van der Waals surface area contributed by atoms with Crippen LogP contribution in [0.4, 0.5) is 0 Å². The molecule has 140 valence electrons. The highest BCUT2D eigenvalue weighted by Crippen LogP contribution is 2.61. The summed E-state index contributed by atoms with van der Waals surface area (Å²) >= 11 is 3.25. The Balaban J connectivity index is 1.61. The molecular weight excluding hydrogens is 392 g/mol. The number of carbonyl (C=O) groups excluding carboxylic acids is 2. The van der Waals surface area contributed by atoms with Crippen molar-refractivity contribution >= 4 is 34.2 Å². The normalized spacial score (nSPS) is 24.0. The summed E-state index contributed by atoms with van der Waals surface area (Å²) in [5.74, 6) is -0.714. The van der Waals surface area contributed by atoms with Gasteiger partial charge in [-0.05, 0) is 47.2 Å². The molecule has 6 heteroatoms. The third-order valence-electron chi connectivity index (χ3n) is 5.42. The molecule has 0 aromatic carbocycles. The second-order valence-electron chi connectivity index (χ2n) is 6.82. The van der Waals surface area contributed by atoms with E-state index in [1.807, 2.05) is 35.0 Å². The summed E-state index contributed by atoms with van der Waals surface area (Å²) < 4.78 is 10.8. The molecule has 1 aliphatic carbocycles. The van der Waals surface area contributed by atoms with Crippen LogP contribution in [0, 0.1) is 11.8 Å². The van der Waals surface area contributed by atoms with Crippen LogP contribution in [0.15, 0.2) is 80.7 Å². The van der Waals surface area contributed by atoms with Crippen LogP contribution in [0.2, 0.25) is 0 Å². The van der Waals surface area contributed by atoms with Gasteiger partial charge in [-0.15, -0.1) is 22.7 Å². The van der Waals surface area contributed by atoms with Crippen molar-refractivity contribution in [2.24, 2.45) is 11.8 Å². The third kappa shape index (κ3) is 2.72. The fourth-order valence-electron chi connectivity index (χ4n) is 4.24. The van der Waals surface area contributed by atoms with E-state index >= 15 is 0 Å². The molecule has 1 fully saturated rings. The van der Waals surface area contributed by atoms with Crippen molar-refractivity contribution in [3.63, 3.8) is 0 Å². The van der Waals surface area contributed by atoms with Gasteiger partial charge >= 0.3 is 0 Å². The van der Waals surface area contributed by atoms with Crippen molar-refractivity contribution in [1.82, 2.24) is 0 Å². The van der Waals surface area contributed by atoms with Gasteiger partial charge in [0.2, 0.25) is 11.6 Å². The zero-order valence-electron chi connectivity index (χ0n) is 14.7. The van der Waals surface area contributed by atoms with Crippen LogP contribution in [0.25, 0.3) is 0 Å². The van der Waals surface area contributed by atoms with E-state index in [9.17, 15) is 9.59 Å². The van der Waals surface area contributed by atoms with Crippen molar-refractivity contribution in [3.8, 4) is 0 Å². The van der Waals surface area contributed by atoms with Crippen molar-refractivity contribution < 1.29 is 18.4 Å². The van der Waals surface area contributed by atoms with E-state index in [-0.39, 0.29) is 23.4 Å². The molecular formula is C22H16O4S2. The Hall–Kier alpha value is -2.70. The molecule has 1 saturated carbocycles. The Kier molecular flexibility index (Phi) is 4.37. The Morgan fingerprint density at radius 3 is 1.46 bits per heavy atom. The number of ketones is 2. The smallest absolute Gasteiger partial charge is 0.202 e. The third-order valence-corrected chi connectivity index (χ3v) is 7.37. The highest BCUT2D eigenvalue weighted by Gasteiger charge is 2.59. The van der Waals surface area contributed by atoms with Gasteiger partial charge in [-0.3, -0.25) is 9.59 Å². The lowest BCUT2D eigenvalue weighted by molar-refractivity contribution is 0.0434. The first kappa shape index (κ1) is 17.4. The maximum Gasteiger partial charge on any atom is 0.202 e. The summed E-state index contributed by atoms with van der Waals surface area (Å²) in [7, 11) is 0. The predicted octanol–water partition coefficient (Wildman–Crippen LogP) is 5.87. The predicted molar refractivity (Wildman–Crippen MR) is 107 cm³/mol. The van der Waals surface area contributed by atoms with Crippen molar-refractivity contribution in [2.75, 3.05) is 0 Å². The average Bonchev–Trinajstić information content (AvgIpc) is 3.50. The van der Waals surface area contributed by atoms with E-state index in [0.717, 1.165) is 9.75 Å². The van der Waals surface area contributed by atoms with Gasteiger partial charge < -0.3 is 8.83 Å². The van der Waals surface area contributed by atoms with E-state index in [0.29, 0.717) is 11.5 Å². The molecule has 0 N–H and O–H groups in total. The van der Waals surface area contributed by atoms with Crippen LogP contribution in [0.5, 0.6) is 0 Å². The summed E-state index contributed by atoms with van der Waals surface area (Å²) in [6, 6.07) is 14.8. The molecule has 1 aliphatic rings. The number of thiophene rings is 2. The summed E-state index contributed by atoms with van der Waals surface area (Å²) in [4.78, 5) is 28.9. The molecule has 4 aromatic rings. The minimum Gasteiger partial charge on any atom is -0.461 e. The molecule has 0 aliphatic heterocycles. The van der Waals surface area contributed by atoms with Crippen LogP contribution in [0.1, 0.15) is 42.7 Å². The number of furan rings is 2. The molecule has 0 saturated heterocycles. The fourth-order valence-corrected chi connectivity index (χ4v) is 6.08. The van der Waals surface area contributed by atoms with Crippen molar-refractivity contribution in [3.05, 3.63) is 93.1 Å². The summed E-state index contributed by atoms with van der Waals surface area (Å²) in [6.07, 6.45) is 2.98. The van der Waals surface area contributed by atoms with E-state index in [2.05, 4.69) is 0 Å². The molecule has 0 unspecified atom stereocenters. The molecule has 4 atom stereocenters. The molecule has 4 aromatic heterocycles. The zero-order valence-corrected chi connectivity index (χ0v) is 16.3. The molecule has 28 heavy (non-hydrogen) atoms. The SMILES string of the molecule is O=C(c1ccco1)[C@@H]1[C@@H](C(=O)c2ccco2)[C@H](c2cccs2)[C@H]1c1cccs1. The molecule has 5 rings (SSSR count). The molecule has 4 nitrogen and oxygen atoms in total. The maximum absolute atomic E-state index is 13.3. The quantitative estimate of drug-likeness (QED) is 0.374.